The van der Waals surface area contributed by atoms with E-state index in [0.717, 1.165) is 56.4 Å². The lowest BCUT2D eigenvalue weighted by atomic mass is 9.44. The van der Waals surface area contributed by atoms with Crippen LogP contribution in [0.2, 0.25) is 0 Å². The van der Waals surface area contributed by atoms with Crippen LogP contribution in [-0.2, 0) is 9.53 Å². The van der Waals surface area contributed by atoms with E-state index in [1.165, 1.54) is 19.3 Å². The molecular formula is C44H74N2O8. The van der Waals surface area contributed by atoms with Crippen molar-refractivity contribution in [3.8, 4) is 0 Å². The topological polar surface area (TPSA) is 186 Å². The smallest absolute Gasteiger partial charge is 0.159 e. The maximum Gasteiger partial charge on any atom is 0.159 e. The van der Waals surface area contributed by atoms with E-state index in [1.54, 1.807) is 13.0 Å². The number of carbonyl (C=O) groups excluding carboxylic acids is 1. The van der Waals surface area contributed by atoms with Crippen molar-refractivity contribution in [3.05, 3.63) is 11.6 Å². The van der Waals surface area contributed by atoms with E-state index in [4.69, 9.17) is 10.5 Å². The van der Waals surface area contributed by atoms with Crippen molar-refractivity contribution >= 4 is 5.78 Å². The van der Waals surface area contributed by atoms with Gasteiger partial charge in [-0.15, -0.1) is 0 Å². The molecule has 308 valence electrons. The Hall–Kier alpha value is -0.950. The Labute approximate surface area is 324 Å². The molecule has 9 N–H and O–H groups in total. The van der Waals surface area contributed by atoms with E-state index >= 15 is 0 Å². The number of nitrogens with one attached hydrogen (secondary N) is 1. The van der Waals surface area contributed by atoms with Crippen molar-refractivity contribution in [1.82, 2.24) is 5.32 Å². The molecule has 18 atom stereocenters. The number of aliphatic hydroxyl groups is 6. The Morgan fingerprint density at radius 2 is 1.78 bits per heavy atom. The van der Waals surface area contributed by atoms with E-state index < -0.39 is 58.3 Å². The zero-order valence-electron chi connectivity index (χ0n) is 33.7. The fourth-order valence-corrected chi connectivity index (χ4v) is 14.4. The highest BCUT2D eigenvalue weighted by molar-refractivity contribution is 5.95. The molecule has 0 spiro atoms. The Bertz CT molecular complexity index is 1380. The standard InChI is InChI=1S/C44H74N2O8/c1-5-7-26-9-12-28-25(2)39(54-36(28)13-10-26)40(51)42(4,52)37-17-20-44(53)30-22-33(48)31-23-34(49)35(50)24-43(31,29(30)16-18-41(37,44)3)19-15-27-11-14-38(45)46-32(27)8-6-21-47/h22,25-29,31-32,34-40,46-47,49-53H,5-21,23-24,45H2,1-4H3/t25-,26-,27?,28+,29+,31+,32?,34+,35-,36+,37+,38?,39+,40+,41+,42+,43+,44-/m0/s1. The molecule has 0 aromatic rings. The van der Waals surface area contributed by atoms with Crippen LogP contribution in [0.5, 0.6) is 0 Å². The van der Waals surface area contributed by atoms with Gasteiger partial charge in [-0.05, 0) is 156 Å². The molecule has 54 heavy (non-hydrogen) atoms. The van der Waals surface area contributed by atoms with Crippen LogP contribution in [0.15, 0.2) is 11.6 Å². The molecule has 5 aliphatic carbocycles. The second-order valence-corrected chi connectivity index (χ2v) is 20.1. The molecule has 10 nitrogen and oxygen atoms in total. The lowest BCUT2D eigenvalue weighted by Gasteiger charge is -2.62. The number of ketones is 1. The summed E-state index contributed by atoms with van der Waals surface area (Å²) in [4.78, 5) is 14.3. The summed E-state index contributed by atoms with van der Waals surface area (Å²) in [7, 11) is 0. The first-order valence-corrected chi connectivity index (χ1v) is 22.1. The Kier molecular flexibility index (Phi) is 12.0. The van der Waals surface area contributed by atoms with Gasteiger partial charge in [0, 0.05) is 24.0 Å². The highest BCUT2D eigenvalue weighted by atomic mass is 16.5. The monoisotopic (exact) mass is 759 g/mol. The SMILES string of the molecule is CCC[C@H]1CC[C@@H]2[C@H](C)[C@H]([C@@H](O)[C@](C)(O)[C@@H]3CC[C@]4(O)C5=CC(=O)[C@H]6C[C@@H](O)[C@@H](O)C[C@]6(CCC6CCC(N)NC6CCCO)[C@@H]5CC[C@]34C)O[C@@H]2CC1. The predicted molar refractivity (Wildman–Crippen MR) is 207 cm³/mol. The third-order valence-corrected chi connectivity index (χ3v) is 17.4. The molecule has 0 bridgehead atoms. The van der Waals surface area contributed by atoms with Crippen LogP contribution in [0.4, 0.5) is 0 Å². The molecule has 10 heteroatoms. The summed E-state index contributed by atoms with van der Waals surface area (Å²) >= 11 is 0. The molecule has 7 aliphatic rings. The van der Waals surface area contributed by atoms with Crippen molar-refractivity contribution in [2.45, 2.75) is 197 Å². The van der Waals surface area contributed by atoms with E-state index in [1.807, 2.05) is 0 Å². The largest absolute Gasteiger partial charge is 0.396 e. The van der Waals surface area contributed by atoms with Crippen LogP contribution in [-0.4, -0.2) is 97.0 Å². The number of carbonyl (C=O) groups is 1. The molecule has 6 fully saturated rings. The summed E-state index contributed by atoms with van der Waals surface area (Å²) in [5.41, 5.74) is 2.76. The van der Waals surface area contributed by atoms with Crippen molar-refractivity contribution < 1.29 is 40.2 Å². The van der Waals surface area contributed by atoms with Gasteiger partial charge < -0.3 is 41.1 Å². The number of hydrogen-bond donors (Lipinski definition) is 8. The second-order valence-electron chi connectivity index (χ2n) is 20.1. The van der Waals surface area contributed by atoms with Gasteiger partial charge in [0.1, 0.15) is 6.10 Å². The minimum atomic E-state index is -1.53. The summed E-state index contributed by atoms with van der Waals surface area (Å²) in [5.74, 6) is 0.433. The van der Waals surface area contributed by atoms with Gasteiger partial charge in [0.25, 0.3) is 0 Å². The normalized spacial score (nSPS) is 49.5. The predicted octanol–water partition coefficient (Wildman–Crippen LogP) is 4.50. The second kappa shape index (κ2) is 15.7. The zero-order valence-corrected chi connectivity index (χ0v) is 33.7. The van der Waals surface area contributed by atoms with Gasteiger partial charge in [-0.1, -0.05) is 40.0 Å². The van der Waals surface area contributed by atoms with Crippen LogP contribution in [0.25, 0.3) is 0 Å². The summed E-state index contributed by atoms with van der Waals surface area (Å²) in [6, 6.07) is 0.158. The molecule has 2 heterocycles. The van der Waals surface area contributed by atoms with Crippen LogP contribution >= 0.6 is 0 Å². The van der Waals surface area contributed by atoms with Crippen LogP contribution < -0.4 is 11.1 Å². The number of allylic oxidation sites excluding steroid dienone is 1. The Balaban J connectivity index is 1.14. The average Bonchev–Trinajstić information content (AvgIpc) is 3.51. The van der Waals surface area contributed by atoms with Gasteiger partial charge in [0.2, 0.25) is 0 Å². The first kappa shape index (κ1) is 41.2. The van der Waals surface area contributed by atoms with E-state index in [2.05, 4.69) is 26.1 Å². The molecular weight excluding hydrogens is 684 g/mol. The van der Waals surface area contributed by atoms with Crippen molar-refractivity contribution in [1.29, 1.82) is 0 Å². The first-order chi connectivity index (χ1) is 25.6. The lowest BCUT2D eigenvalue weighted by molar-refractivity contribution is -0.199. The molecule has 0 aromatic carbocycles. The van der Waals surface area contributed by atoms with Gasteiger partial charge in [-0.3, -0.25) is 10.1 Å². The number of aliphatic hydroxyl groups excluding tert-OH is 4. The van der Waals surface area contributed by atoms with Crippen LogP contribution in [0.1, 0.15) is 143 Å². The molecule has 4 saturated carbocycles. The Morgan fingerprint density at radius 3 is 2.52 bits per heavy atom. The number of hydrogen-bond acceptors (Lipinski definition) is 10. The van der Waals surface area contributed by atoms with E-state index in [-0.39, 0.29) is 49.0 Å². The zero-order chi connectivity index (χ0) is 38.8. The van der Waals surface area contributed by atoms with Gasteiger partial charge in [0.15, 0.2) is 5.78 Å². The van der Waals surface area contributed by atoms with Gasteiger partial charge in [-0.2, -0.15) is 0 Å². The molecule has 0 amide bonds. The number of nitrogens with two attached hydrogens (primary N) is 1. The number of ether oxygens (including phenoxy) is 1. The summed E-state index contributed by atoms with van der Waals surface area (Å²) < 4.78 is 6.69. The fraction of sp³-hybridized carbons (Fsp3) is 0.932. The molecule has 3 unspecified atom stereocenters. The first-order valence-electron chi connectivity index (χ1n) is 22.1. The summed E-state index contributed by atoms with van der Waals surface area (Å²) in [6.45, 7) is 8.37. The molecule has 0 aromatic heterocycles. The lowest BCUT2D eigenvalue weighted by Crippen LogP contribution is -2.64. The van der Waals surface area contributed by atoms with Crippen LogP contribution in [0.3, 0.4) is 0 Å². The van der Waals surface area contributed by atoms with Gasteiger partial charge in [0.05, 0.1) is 41.8 Å². The van der Waals surface area contributed by atoms with Crippen LogP contribution in [0, 0.1) is 52.3 Å². The minimum Gasteiger partial charge on any atom is -0.396 e. The molecule has 2 saturated heterocycles. The number of rotatable bonds is 11. The quantitative estimate of drug-likeness (QED) is 0.149. The van der Waals surface area contributed by atoms with Crippen molar-refractivity contribution in [2.24, 2.45) is 58.0 Å². The highest BCUT2D eigenvalue weighted by Gasteiger charge is 2.70. The maximum absolute atomic E-state index is 14.3. The van der Waals surface area contributed by atoms with Crippen molar-refractivity contribution in [2.75, 3.05) is 6.61 Å². The molecule has 7 rings (SSSR count). The fourth-order valence-electron chi connectivity index (χ4n) is 14.4. The summed E-state index contributed by atoms with van der Waals surface area (Å²) in [5, 5.41) is 73.1. The maximum atomic E-state index is 14.3. The summed E-state index contributed by atoms with van der Waals surface area (Å²) in [6.07, 6.45) is 12.6. The third kappa shape index (κ3) is 6.81. The molecule has 0 radical (unpaired) electrons. The minimum absolute atomic E-state index is 0.0754. The number of fused-ring (bicyclic) bond motifs is 6. The van der Waals surface area contributed by atoms with Crippen molar-refractivity contribution in [3.63, 3.8) is 0 Å². The Morgan fingerprint density at radius 1 is 1.02 bits per heavy atom. The third-order valence-electron chi connectivity index (χ3n) is 17.4. The van der Waals surface area contributed by atoms with E-state index in [9.17, 15) is 35.4 Å². The highest BCUT2D eigenvalue weighted by Crippen LogP contribution is 2.70. The number of piperidine rings is 1. The molecule has 2 aliphatic heterocycles. The average molecular weight is 759 g/mol. The van der Waals surface area contributed by atoms with Gasteiger partial charge >= 0.3 is 0 Å². The van der Waals surface area contributed by atoms with E-state index in [0.29, 0.717) is 56.8 Å². The van der Waals surface area contributed by atoms with Gasteiger partial charge in [-0.25, -0.2) is 0 Å².